The van der Waals surface area contributed by atoms with E-state index < -0.39 is 23.8 Å². The SMILES string of the molecule is Cc1cc(NC2COCC2C(=O)O)c(C(N)=O)c(C)n1. The maximum absolute atomic E-state index is 11.5. The molecule has 4 N–H and O–H groups in total. The monoisotopic (exact) mass is 279 g/mol. The Kier molecular flexibility index (Phi) is 3.89. The molecule has 0 saturated carbocycles. The third kappa shape index (κ3) is 2.72. The van der Waals surface area contributed by atoms with Crippen LogP contribution in [-0.2, 0) is 9.53 Å². The molecule has 1 fully saturated rings. The van der Waals surface area contributed by atoms with Gasteiger partial charge in [0.05, 0.1) is 36.2 Å². The van der Waals surface area contributed by atoms with Gasteiger partial charge in [0.25, 0.3) is 5.91 Å². The van der Waals surface area contributed by atoms with Gasteiger partial charge in [-0.1, -0.05) is 0 Å². The first kappa shape index (κ1) is 14.3. The fourth-order valence-electron chi connectivity index (χ4n) is 2.39. The molecule has 1 aromatic rings. The largest absolute Gasteiger partial charge is 0.481 e. The molecule has 1 saturated heterocycles. The fraction of sp³-hybridized carbons (Fsp3) is 0.462. The summed E-state index contributed by atoms with van der Waals surface area (Å²) in [4.78, 5) is 26.9. The summed E-state index contributed by atoms with van der Waals surface area (Å²) in [7, 11) is 0. The van der Waals surface area contributed by atoms with Crippen molar-refractivity contribution >= 4 is 17.6 Å². The van der Waals surface area contributed by atoms with Gasteiger partial charge >= 0.3 is 5.97 Å². The zero-order chi connectivity index (χ0) is 14.9. The lowest BCUT2D eigenvalue weighted by Crippen LogP contribution is -2.34. The van der Waals surface area contributed by atoms with Crippen molar-refractivity contribution in [3.63, 3.8) is 0 Å². The van der Waals surface area contributed by atoms with Gasteiger partial charge in [0.2, 0.25) is 0 Å². The number of anilines is 1. The smallest absolute Gasteiger partial charge is 0.311 e. The van der Waals surface area contributed by atoms with E-state index >= 15 is 0 Å². The summed E-state index contributed by atoms with van der Waals surface area (Å²) in [6.45, 7) is 3.92. The van der Waals surface area contributed by atoms with E-state index in [1.807, 2.05) is 0 Å². The van der Waals surface area contributed by atoms with Crippen LogP contribution in [0, 0.1) is 19.8 Å². The van der Waals surface area contributed by atoms with Crippen molar-refractivity contribution in [1.29, 1.82) is 0 Å². The highest BCUT2D eigenvalue weighted by molar-refractivity contribution is 5.99. The zero-order valence-electron chi connectivity index (χ0n) is 11.3. The second-order valence-corrected chi connectivity index (χ2v) is 4.87. The van der Waals surface area contributed by atoms with Crippen molar-refractivity contribution in [1.82, 2.24) is 4.98 Å². The molecular weight excluding hydrogens is 262 g/mol. The van der Waals surface area contributed by atoms with Gasteiger partial charge in [-0.05, 0) is 19.9 Å². The highest BCUT2D eigenvalue weighted by atomic mass is 16.5. The third-order valence-electron chi connectivity index (χ3n) is 3.31. The van der Waals surface area contributed by atoms with E-state index in [-0.39, 0.29) is 18.8 Å². The number of aliphatic carboxylic acids is 1. The molecule has 2 rings (SSSR count). The minimum Gasteiger partial charge on any atom is -0.481 e. The number of pyridine rings is 1. The van der Waals surface area contributed by atoms with Crippen LogP contribution in [0.1, 0.15) is 21.7 Å². The number of rotatable bonds is 4. The lowest BCUT2D eigenvalue weighted by atomic mass is 10.0. The summed E-state index contributed by atoms with van der Waals surface area (Å²) in [5, 5.41) is 12.2. The topological polar surface area (TPSA) is 115 Å². The van der Waals surface area contributed by atoms with E-state index in [2.05, 4.69) is 10.3 Å². The number of primary amides is 1. The van der Waals surface area contributed by atoms with Crippen LogP contribution in [0.5, 0.6) is 0 Å². The Bertz CT molecular complexity index is 559. The van der Waals surface area contributed by atoms with E-state index in [4.69, 9.17) is 15.6 Å². The first-order valence-electron chi connectivity index (χ1n) is 6.25. The summed E-state index contributed by atoms with van der Waals surface area (Å²) in [5.41, 5.74) is 7.40. The first-order valence-corrected chi connectivity index (χ1v) is 6.25. The quantitative estimate of drug-likeness (QED) is 0.730. The van der Waals surface area contributed by atoms with Crippen LogP contribution in [0.3, 0.4) is 0 Å². The number of carbonyl (C=O) groups is 2. The van der Waals surface area contributed by atoms with Crippen LogP contribution in [0.4, 0.5) is 5.69 Å². The summed E-state index contributed by atoms with van der Waals surface area (Å²) in [6, 6.07) is 1.29. The van der Waals surface area contributed by atoms with Gasteiger partial charge in [0.15, 0.2) is 0 Å². The van der Waals surface area contributed by atoms with Crippen LogP contribution >= 0.6 is 0 Å². The number of aromatic nitrogens is 1. The Labute approximate surface area is 116 Å². The number of carboxylic acid groups (broad SMARTS) is 1. The van der Waals surface area contributed by atoms with E-state index in [1.165, 1.54) is 0 Å². The molecule has 108 valence electrons. The van der Waals surface area contributed by atoms with E-state index in [0.717, 1.165) is 5.69 Å². The Balaban J connectivity index is 2.33. The second-order valence-electron chi connectivity index (χ2n) is 4.87. The molecule has 0 bridgehead atoms. The van der Waals surface area contributed by atoms with Crippen LogP contribution < -0.4 is 11.1 Å². The highest BCUT2D eigenvalue weighted by Gasteiger charge is 2.34. The van der Waals surface area contributed by atoms with Crippen LogP contribution in [0.15, 0.2) is 6.07 Å². The highest BCUT2D eigenvalue weighted by Crippen LogP contribution is 2.24. The molecule has 1 aromatic heterocycles. The summed E-state index contributed by atoms with van der Waals surface area (Å²) in [6.07, 6.45) is 0. The number of nitrogens with two attached hydrogens (primary N) is 1. The minimum absolute atomic E-state index is 0.155. The molecule has 0 aromatic carbocycles. The molecule has 2 heterocycles. The molecule has 2 unspecified atom stereocenters. The van der Waals surface area contributed by atoms with Gasteiger partial charge < -0.3 is 20.9 Å². The lowest BCUT2D eigenvalue weighted by molar-refractivity contribution is -0.141. The average molecular weight is 279 g/mol. The van der Waals surface area contributed by atoms with Crippen molar-refractivity contribution in [3.8, 4) is 0 Å². The lowest BCUT2D eigenvalue weighted by Gasteiger charge is -2.20. The Morgan fingerprint density at radius 1 is 1.45 bits per heavy atom. The van der Waals surface area contributed by atoms with Gasteiger partial charge in [-0.15, -0.1) is 0 Å². The molecule has 1 amide bonds. The van der Waals surface area contributed by atoms with Crippen molar-refractivity contribution in [2.24, 2.45) is 11.7 Å². The maximum Gasteiger partial charge on any atom is 0.311 e. The number of nitrogens with zero attached hydrogens (tertiary/aromatic N) is 1. The van der Waals surface area contributed by atoms with Crippen LogP contribution in [0.2, 0.25) is 0 Å². The van der Waals surface area contributed by atoms with Crippen molar-refractivity contribution < 1.29 is 19.4 Å². The number of hydrogen-bond acceptors (Lipinski definition) is 5. The summed E-state index contributed by atoms with van der Waals surface area (Å²) < 4.78 is 5.19. The molecule has 20 heavy (non-hydrogen) atoms. The van der Waals surface area contributed by atoms with Gasteiger partial charge in [0, 0.05) is 5.69 Å². The number of carbonyl (C=O) groups excluding carboxylic acids is 1. The predicted octanol–water partition coefficient (Wildman–Crippen LogP) is 0.309. The number of carboxylic acids is 1. The summed E-state index contributed by atoms with van der Waals surface area (Å²) >= 11 is 0. The number of hydrogen-bond donors (Lipinski definition) is 3. The molecule has 7 heteroatoms. The standard InChI is InChI=1S/C13H17N3O4/c1-6-3-9(11(12(14)17)7(2)15-6)16-10-5-20-4-8(10)13(18)19/h3,8,10H,4-5H2,1-2H3,(H2,14,17)(H,15,16)(H,18,19). The molecule has 0 spiro atoms. The zero-order valence-corrected chi connectivity index (χ0v) is 11.3. The number of amides is 1. The first-order chi connectivity index (χ1) is 9.40. The average Bonchev–Trinajstić information content (AvgIpc) is 2.75. The van der Waals surface area contributed by atoms with E-state index in [1.54, 1.807) is 19.9 Å². The van der Waals surface area contributed by atoms with Crippen molar-refractivity contribution in [3.05, 3.63) is 23.0 Å². The Morgan fingerprint density at radius 3 is 2.75 bits per heavy atom. The van der Waals surface area contributed by atoms with Gasteiger partial charge in [-0.25, -0.2) is 0 Å². The van der Waals surface area contributed by atoms with Crippen molar-refractivity contribution in [2.45, 2.75) is 19.9 Å². The van der Waals surface area contributed by atoms with Crippen molar-refractivity contribution in [2.75, 3.05) is 18.5 Å². The molecule has 1 aliphatic rings. The van der Waals surface area contributed by atoms with Crippen LogP contribution in [-0.4, -0.2) is 41.2 Å². The van der Waals surface area contributed by atoms with Gasteiger partial charge in [0.1, 0.15) is 5.92 Å². The molecule has 0 aliphatic carbocycles. The number of ether oxygens (including phenoxy) is 1. The molecule has 1 aliphatic heterocycles. The van der Waals surface area contributed by atoms with Crippen LogP contribution in [0.25, 0.3) is 0 Å². The number of aryl methyl sites for hydroxylation is 2. The number of nitrogens with one attached hydrogen (secondary N) is 1. The normalized spacial score (nSPS) is 21.7. The van der Waals surface area contributed by atoms with E-state index in [9.17, 15) is 9.59 Å². The molecule has 7 nitrogen and oxygen atoms in total. The maximum atomic E-state index is 11.5. The Morgan fingerprint density at radius 2 is 2.15 bits per heavy atom. The third-order valence-corrected chi connectivity index (χ3v) is 3.31. The van der Waals surface area contributed by atoms with Gasteiger partial charge in [-0.3, -0.25) is 14.6 Å². The fourth-order valence-corrected chi connectivity index (χ4v) is 2.39. The molecular formula is C13H17N3O4. The predicted molar refractivity (Wildman–Crippen MR) is 71.6 cm³/mol. The molecule has 2 atom stereocenters. The van der Waals surface area contributed by atoms with Gasteiger partial charge in [-0.2, -0.15) is 0 Å². The molecule has 0 radical (unpaired) electrons. The van der Waals surface area contributed by atoms with E-state index in [0.29, 0.717) is 11.4 Å². The minimum atomic E-state index is -0.928. The summed E-state index contributed by atoms with van der Waals surface area (Å²) in [5.74, 6) is -2.17. The Hall–Kier alpha value is -2.15. The second kappa shape index (κ2) is 5.46.